The molecular formula is C50H36. The smallest absolute Gasteiger partial charge is 0.00261 e. The molecule has 8 aromatic carbocycles. The van der Waals surface area contributed by atoms with Crippen molar-refractivity contribution in [3.05, 3.63) is 200 Å². The van der Waals surface area contributed by atoms with Crippen LogP contribution in [0, 0.1) is 0 Å². The molecule has 0 heteroatoms. The molecule has 0 unspecified atom stereocenters. The molecule has 0 nitrogen and oxygen atoms in total. The second kappa shape index (κ2) is 13.0. The molecule has 0 radical (unpaired) electrons. The third-order valence-electron chi connectivity index (χ3n) is 10.2. The molecule has 0 spiro atoms. The molecule has 0 bridgehead atoms. The minimum absolute atomic E-state index is 1.06. The Bertz CT molecular complexity index is 2530. The lowest BCUT2D eigenvalue weighted by Crippen LogP contribution is -1.94. The lowest BCUT2D eigenvalue weighted by atomic mass is 9.83. The number of allylic oxidation sites excluding steroid dienone is 4. The van der Waals surface area contributed by atoms with Gasteiger partial charge in [0.25, 0.3) is 0 Å². The zero-order chi connectivity index (χ0) is 33.3. The Morgan fingerprint density at radius 1 is 0.320 bits per heavy atom. The fraction of sp³-hybridized carbons (Fsp3) is 0.0400. The van der Waals surface area contributed by atoms with E-state index in [0.717, 1.165) is 12.8 Å². The number of rotatable bonds is 6. The van der Waals surface area contributed by atoms with Gasteiger partial charge in [-0.3, -0.25) is 0 Å². The first-order chi connectivity index (χ1) is 24.8. The molecule has 1 aliphatic rings. The number of benzene rings is 8. The molecule has 1 aliphatic carbocycles. The average Bonchev–Trinajstić information content (AvgIpc) is 3.21. The summed E-state index contributed by atoms with van der Waals surface area (Å²) in [5.74, 6) is 0. The summed E-state index contributed by atoms with van der Waals surface area (Å²) < 4.78 is 0. The molecular weight excluding hydrogens is 601 g/mol. The van der Waals surface area contributed by atoms with Crippen LogP contribution in [0.4, 0.5) is 0 Å². The van der Waals surface area contributed by atoms with Gasteiger partial charge in [-0.15, -0.1) is 0 Å². The van der Waals surface area contributed by atoms with E-state index in [-0.39, 0.29) is 0 Å². The van der Waals surface area contributed by atoms with Gasteiger partial charge in [-0.05, 0) is 107 Å². The van der Waals surface area contributed by atoms with E-state index in [1.807, 2.05) is 0 Å². The Morgan fingerprint density at radius 3 is 1.32 bits per heavy atom. The standard InChI is InChI=1S/C50H36/c1-4-14-35(15-5-1)37-24-28-40(29-25-37)49-45-22-12-13-23-46(45)50(41-30-26-38(27-31-41)36-16-6-2-7-17-36)48-34-42(32-33-47(48)49)44-21-11-10-20-43(44)39-18-8-3-9-19-39/h1-8,10-18,20-34H,9,19H2. The van der Waals surface area contributed by atoms with Crippen LogP contribution in [0.5, 0.6) is 0 Å². The number of fused-ring (bicyclic) bond motifs is 2. The molecule has 0 saturated carbocycles. The Labute approximate surface area is 294 Å². The second-order valence-corrected chi connectivity index (χ2v) is 13.1. The summed E-state index contributed by atoms with van der Waals surface area (Å²) in [6.45, 7) is 0. The van der Waals surface area contributed by atoms with E-state index in [4.69, 9.17) is 0 Å². The highest BCUT2D eigenvalue weighted by Gasteiger charge is 2.19. The summed E-state index contributed by atoms with van der Waals surface area (Å²) >= 11 is 0. The van der Waals surface area contributed by atoms with E-state index >= 15 is 0 Å². The van der Waals surface area contributed by atoms with Gasteiger partial charge in [0.1, 0.15) is 0 Å². The van der Waals surface area contributed by atoms with Crippen molar-refractivity contribution in [3.63, 3.8) is 0 Å². The summed E-state index contributed by atoms with van der Waals surface area (Å²) in [6.07, 6.45) is 8.90. The molecule has 0 N–H and O–H groups in total. The molecule has 9 rings (SSSR count). The predicted octanol–water partition coefficient (Wildman–Crippen LogP) is 14.1. The lowest BCUT2D eigenvalue weighted by Gasteiger charge is -2.20. The van der Waals surface area contributed by atoms with Crippen LogP contribution in [0.1, 0.15) is 18.4 Å². The largest absolute Gasteiger partial charge is 0.0842 e. The highest BCUT2D eigenvalue weighted by Crippen LogP contribution is 2.46. The maximum Gasteiger partial charge on any atom is -0.00261 e. The van der Waals surface area contributed by atoms with Gasteiger partial charge in [0.15, 0.2) is 0 Å². The summed E-state index contributed by atoms with van der Waals surface area (Å²) in [5, 5.41) is 5.06. The van der Waals surface area contributed by atoms with Crippen molar-refractivity contribution in [2.24, 2.45) is 0 Å². The average molecular weight is 637 g/mol. The highest BCUT2D eigenvalue weighted by molar-refractivity contribution is 6.22. The molecule has 0 aliphatic heterocycles. The third-order valence-corrected chi connectivity index (χ3v) is 10.2. The SMILES string of the molecule is C1=CCCC(c2ccccc2-c2ccc3c(-c4ccc(-c5ccccc5)cc4)c4ccccc4c(-c4ccc(-c5ccccc5)cc4)c3c2)=C1. The van der Waals surface area contributed by atoms with Crippen LogP contribution in [0.25, 0.3) is 82.8 Å². The van der Waals surface area contributed by atoms with E-state index in [1.165, 1.54) is 88.3 Å². The van der Waals surface area contributed by atoms with Gasteiger partial charge in [-0.25, -0.2) is 0 Å². The predicted molar refractivity (Wildman–Crippen MR) is 215 cm³/mol. The van der Waals surface area contributed by atoms with E-state index in [0.29, 0.717) is 0 Å². The topological polar surface area (TPSA) is 0 Å². The minimum atomic E-state index is 1.06. The van der Waals surface area contributed by atoms with Gasteiger partial charge in [0.05, 0.1) is 0 Å². The van der Waals surface area contributed by atoms with Crippen LogP contribution in [0.15, 0.2) is 194 Å². The van der Waals surface area contributed by atoms with Crippen LogP contribution >= 0.6 is 0 Å². The van der Waals surface area contributed by atoms with E-state index in [1.54, 1.807) is 0 Å². The fourth-order valence-electron chi connectivity index (χ4n) is 7.73. The number of hydrogen-bond donors (Lipinski definition) is 0. The van der Waals surface area contributed by atoms with Crippen LogP contribution in [-0.4, -0.2) is 0 Å². The normalized spacial score (nSPS) is 12.7. The van der Waals surface area contributed by atoms with Gasteiger partial charge in [-0.1, -0.05) is 188 Å². The van der Waals surface area contributed by atoms with Crippen molar-refractivity contribution in [1.82, 2.24) is 0 Å². The Morgan fingerprint density at radius 2 is 0.760 bits per heavy atom. The molecule has 0 fully saturated rings. The van der Waals surface area contributed by atoms with E-state index < -0.39 is 0 Å². The quantitative estimate of drug-likeness (QED) is 0.159. The van der Waals surface area contributed by atoms with Crippen molar-refractivity contribution in [1.29, 1.82) is 0 Å². The summed E-state index contributed by atoms with van der Waals surface area (Å²) in [7, 11) is 0. The first kappa shape index (κ1) is 29.9. The molecule has 0 heterocycles. The van der Waals surface area contributed by atoms with Crippen molar-refractivity contribution in [2.75, 3.05) is 0 Å². The summed E-state index contributed by atoms with van der Waals surface area (Å²) in [4.78, 5) is 0. The number of hydrogen-bond acceptors (Lipinski definition) is 0. The van der Waals surface area contributed by atoms with Crippen molar-refractivity contribution in [2.45, 2.75) is 12.8 Å². The lowest BCUT2D eigenvalue weighted by molar-refractivity contribution is 1.05. The van der Waals surface area contributed by atoms with Crippen LogP contribution in [-0.2, 0) is 0 Å². The zero-order valence-corrected chi connectivity index (χ0v) is 27.9. The molecule has 8 aromatic rings. The van der Waals surface area contributed by atoms with E-state index in [9.17, 15) is 0 Å². The monoisotopic (exact) mass is 636 g/mol. The van der Waals surface area contributed by atoms with Gasteiger partial charge in [0.2, 0.25) is 0 Å². The molecule has 236 valence electrons. The van der Waals surface area contributed by atoms with Crippen LogP contribution in [0.3, 0.4) is 0 Å². The highest BCUT2D eigenvalue weighted by atomic mass is 14.2. The first-order valence-corrected chi connectivity index (χ1v) is 17.6. The molecule has 0 saturated heterocycles. The molecule has 0 atom stereocenters. The second-order valence-electron chi connectivity index (χ2n) is 13.1. The Kier molecular flexibility index (Phi) is 7.76. The Hall–Kier alpha value is -6.24. The zero-order valence-electron chi connectivity index (χ0n) is 27.9. The van der Waals surface area contributed by atoms with Gasteiger partial charge >= 0.3 is 0 Å². The Balaban J connectivity index is 1.29. The maximum atomic E-state index is 2.45. The van der Waals surface area contributed by atoms with Gasteiger partial charge in [-0.2, -0.15) is 0 Å². The molecule has 0 amide bonds. The maximum absolute atomic E-state index is 2.45. The molecule has 50 heavy (non-hydrogen) atoms. The van der Waals surface area contributed by atoms with E-state index in [2.05, 4.69) is 194 Å². The first-order valence-electron chi connectivity index (χ1n) is 17.6. The van der Waals surface area contributed by atoms with Gasteiger partial charge < -0.3 is 0 Å². The van der Waals surface area contributed by atoms with Gasteiger partial charge in [0, 0.05) is 0 Å². The minimum Gasteiger partial charge on any atom is -0.0842 e. The van der Waals surface area contributed by atoms with Crippen molar-refractivity contribution in [3.8, 4) is 55.6 Å². The van der Waals surface area contributed by atoms with Crippen LogP contribution < -0.4 is 0 Å². The third kappa shape index (κ3) is 5.46. The summed E-state index contributed by atoms with van der Waals surface area (Å²) in [5.41, 5.74) is 15.2. The molecule has 0 aromatic heterocycles. The van der Waals surface area contributed by atoms with Crippen LogP contribution in [0.2, 0.25) is 0 Å². The van der Waals surface area contributed by atoms with Crippen molar-refractivity contribution < 1.29 is 0 Å². The van der Waals surface area contributed by atoms with Crippen molar-refractivity contribution >= 4 is 27.1 Å². The fourth-order valence-corrected chi connectivity index (χ4v) is 7.73. The summed E-state index contributed by atoms with van der Waals surface area (Å²) in [6, 6.07) is 64.5.